The smallest absolute Gasteiger partial charge is 0.161 e. The molecule has 110 valence electrons. The topological polar surface area (TPSA) is 68.3 Å². The monoisotopic (exact) mass is 284 g/mol. The van der Waals surface area contributed by atoms with E-state index in [4.69, 9.17) is 20.6 Å². The lowest BCUT2D eigenvalue weighted by atomic mass is 10.1. The summed E-state index contributed by atoms with van der Waals surface area (Å²) in [7, 11) is 1.64. The lowest BCUT2D eigenvalue weighted by Gasteiger charge is -2.12. The summed E-state index contributed by atoms with van der Waals surface area (Å²) >= 11 is 0. The van der Waals surface area contributed by atoms with Gasteiger partial charge in [-0.05, 0) is 35.7 Å². The van der Waals surface area contributed by atoms with Crippen molar-refractivity contribution in [1.29, 1.82) is 5.41 Å². The van der Waals surface area contributed by atoms with Gasteiger partial charge in [0.25, 0.3) is 0 Å². The molecule has 2 aromatic carbocycles. The molecule has 0 amide bonds. The number of methoxy groups -OCH3 is 1. The predicted molar refractivity (Wildman–Crippen MR) is 84.2 cm³/mol. The van der Waals surface area contributed by atoms with Crippen molar-refractivity contribution in [2.45, 2.75) is 20.0 Å². The van der Waals surface area contributed by atoms with Gasteiger partial charge in [0.15, 0.2) is 11.5 Å². The van der Waals surface area contributed by atoms with E-state index in [0.717, 1.165) is 17.7 Å². The quantitative estimate of drug-likeness (QED) is 0.632. The molecule has 0 aliphatic carbocycles. The van der Waals surface area contributed by atoms with Crippen LogP contribution in [0, 0.1) is 5.41 Å². The van der Waals surface area contributed by atoms with Crippen LogP contribution in [0.5, 0.6) is 11.5 Å². The molecule has 0 unspecified atom stereocenters. The minimum absolute atomic E-state index is 0.0572. The van der Waals surface area contributed by atoms with E-state index in [1.165, 1.54) is 5.56 Å². The van der Waals surface area contributed by atoms with Crippen molar-refractivity contribution < 1.29 is 9.47 Å². The lowest BCUT2D eigenvalue weighted by Crippen LogP contribution is -2.11. The molecule has 21 heavy (non-hydrogen) atoms. The van der Waals surface area contributed by atoms with E-state index < -0.39 is 0 Å². The Labute approximate surface area is 125 Å². The van der Waals surface area contributed by atoms with Gasteiger partial charge < -0.3 is 15.2 Å². The number of hydrogen-bond acceptors (Lipinski definition) is 3. The molecule has 0 saturated heterocycles. The maximum absolute atomic E-state index is 7.45. The number of rotatable bonds is 6. The average Bonchev–Trinajstić information content (AvgIpc) is 2.53. The Morgan fingerprint density at radius 1 is 1.10 bits per heavy atom. The van der Waals surface area contributed by atoms with E-state index in [1.54, 1.807) is 7.11 Å². The summed E-state index contributed by atoms with van der Waals surface area (Å²) in [6.45, 7) is 2.51. The Morgan fingerprint density at radius 3 is 2.57 bits per heavy atom. The zero-order valence-electron chi connectivity index (χ0n) is 12.3. The first-order valence-electron chi connectivity index (χ1n) is 6.87. The molecule has 0 heterocycles. The standard InChI is InChI=1S/C17H20N2O2/c1-3-12-7-8-15(16(10-12)20-2)21-11-13-5-4-6-14(9-13)17(18)19/h4-10H,3,11H2,1-2H3,(H3,18,19). The first-order valence-corrected chi connectivity index (χ1v) is 6.87. The second-order valence-corrected chi connectivity index (χ2v) is 4.74. The van der Waals surface area contributed by atoms with Gasteiger partial charge in [0.05, 0.1) is 7.11 Å². The second-order valence-electron chi connectivity index (χ2n) is 4.74. The van der Waals surface area contributed by atoms with E-state index in [1.807, 2.05) is 42.5 Å². The van der Waals surface area contributed by atoms with Crippen molar-refractivity contribution in [3.8, 4) is 11.5 Å². The Kier molecular flexibility index (Phi) is 4.82. The molecule has 0 saturated carbocycles. The second kappa shape index (κ2) is 6.79. The molecular formula is C17H20N2O2. The van der Waals surface area contributed by atoms with E-state index in [2.05, 4.69) is 6.92 Å². The Balaban J connectivity index is 2.12. The van der Waals surface area contributed by atoms with Crippen LogP contribution in [0.3, 0.4) is 0 Å². The molecule has 0 aliphatic heterocycles. The largest absolute Gasteiger partial charge is 0.493 e. The van der Waals surface area contributed by atoms with Crippen LogP contribution >= 0.6 is 0 Å². The van der Waals surface area contributed by atoms with Gasteiger partial charge >= 0.3 is 0 Å². The molecule has 0 fully saturated rings. The molecular weight excluding hydrogens is 264 g/mol. The molecule has 0 aromatic heterocycles. The molecule has 0 atom stereocenters. The lowest BCUT2D eigenvalue weighted by molar-refractivity contribution is 0.284. The predicted octanol–water partition coefficient (Wildman–Crippen LogP) is 3.12. The average molecular weight is 284 g/mol. The van der Waals surface area contributed by atoms with Crippen molar-refractivity contribution in [2.24, 2.45) is 5.73 Å². The van der Waals surface area contributed by atoms with Gasteiger partial charge in [-0.15, -0.1) is 0 Å². The Hall–Kier alpha value is -2.49. The fourth-order valence-electron chi connectivity index (χ4n) is 2.04. The van der Waals surface area contributed by atoms with Gasteiger partial charge in [-0.2, -0.15) is 0 Å². The number of benzene rings is 2. The van der Waals surface area contributed by atoms with E-state index >= 15 is 0 Å². The highest BCUT2D eigenvalue weighted by atomic mass is 16.5. The van der Waals surface area contributed by atoms with Crippen molar-refractivity contribution >= 4 is 5.84 Å². The Bertz CT molecular complexity index is 638. The van der Waals surface area contributed by atoms with Crippen molar-refractivity contribution in [1.82, 2.24) is 0 Å². The molecule has 0 bridgehead atoms. The fourth-order valence-corrected chi connectivity index (χ4v) is 2.04. The molecule has 3 N–H and O–H groups in total. The third-order valence-corrected chi connectivity index (χ3v) is 3.27. The van der Waals surface area contributed by atoms with Crippen LogP contribution in [0.4, 0.5) is 0 Å². The van der Waals surface area contributed by atoms with Crippen LogP contribution < -0.4 is 15.2 Å². The first kappa shape index (κ1) is 14.9. The zero-order valence-corrected chi connectivity index (χ0v) is 12.3. The number of nitrogen functional groups attached to an aromatic ring is 1. The normalized spacial score (nSPS) is 10.2. The van der Waals surface area contributed by atoms with Crippen molar-refractivity contribution in [3.63, 3.8) is 0 Å². The van der Waals surface area contributed by atoms with Crippen LogP contribution in [0.15, 0.2) is 42.5 Å². The van der Waals surface area contributed by atoms with Gasteiger partial charge in [0.1, 0.15) is 12.4 Å². The minimum atomic E-state index is 0.0572. The molecule has 2 aromatic rings. The van der Waals surface area contributed by atoms with Gasteiger partial charge in [-0.25, -0.2) is 0 Å². The van der Waals surface area contributed by atoms with E-state index in [0.29, 0.717) is 17.9 Å². The number of nitrogens with one attached hydrogen (secondary N) is 1. The van der Waals surface area contributed by atoms with Gasteiger partial charge in [0.2, 0.25) is 0 Å². The van der Waals surface area contributed by atoms with E-state index in [9.17, 15) is 0 Å². The minimum Gasteiger partial charge on any atom is -0.493 e. The van der Waals surface area contributed by atoms with Crippen molar-refractivity contribution in [3.05, 3.63) is 59.2 Å². The van der Waals surface area contributed by atoms with Crippen LogP contribution in [0.25, 0.3) is 0 Å². The molecule has 0 aliphatic rings. The van der Waals surface area contributed by atoms with Crippen LogP contribution in [-0.4, -0.2) is 12.9 Å². The highest BCUT2D eigenvalue weighted by molar-refractivity contribution is 5.95. The summed E-state index contributed by atoms with van der Waals surface area (Å²) < 4.78 is 11.2. The summed E-state index contributed by atoms with van der Waals surface area (Å²) in [4.78, 5) is 0. The van der Waals surface area contributed by atoms with Crippen LogP contribution in [-0.2, 0) is 13.0 Å². The summed E-state index contributed by atoms with van der Waals surface area (Å²) in [6, 6.07) is 13.4. The van der Waals surface area contributed by atoms with Crippen LogP contribution in [0.1, 0.15) is 23.6 Å². The summed E-state index contributed by atoms with van der Waals surface area (Å²) in [5.74, 6) is 1.50. The van der Waals surface area contributed by atoms with Crippen LogP contribution in [0.2, 0.25) is 0 Å². The first-order chi connectivity index (χ1) is 10.1. The van der Waals surface area contributed by atoms with Crippen molar-refractivity contribution in [2.75, 3.05) is 7.11 Å². The van der Waals surface area contributed by atoms with Gasteiger partial charge in [-0.1, -0.05) is 31.2 Å². The number of hydrogen-bond donors (Lipinski definition) is 2. The molecule has 2 rings (SSSR count). The summed E-state index contributed by atoms with van der Waals surface area (Å²) in [5, 5.41) is 7.45. The number of aryl methyl sites for hydroxylation is 1. The van der Waals surface area contributed by atoms with Gasteiger partial charge in [0, 0.05) is 5.56 Å². The molecule has 0 spiro atoms. The maximum atomic E-state index is 7.45. The summed E-state index contributed by atoms with van der Waals surface area (Å²) in [5.41, 5.74) is 8.36. The number of ether oxygens (including phenoxy) is 2. The number of amidine groups is 1. The fraction of sp³-hybridized carbons (Fsp3) is 0.235. The third kappa shape index (κ3) is 3.75. The highest BCUT2D eigenvalue weighted by Gasteiger charge is 2.06. The van der Waals surface area contributed by atoms with Gasteiger partial charge in [-0.3, -0.25) is 5.41 Å². The number of nitrogens with two attached hydrogens (primary N) is 1. The highest BCUT2D eigenvalue weighted by Crippen LogP contribution is 2.29. The Morgan fingerprint density at radius 2 is 1.90 bits per heavy atom. The SMILES string of the molecule is CCc1ccc(OCc2cccc(C(=N)N)c2)c(OC)c1. The maximum Gasteiger partial charge on any atom is 0.161 e. The summed E-state index contributed by atoms with van der Waals surface area (Å²) in [6.07, 6.45) is 0.956. The zero-order chi connectivity index (χ0) is 15.2. The molecule has 0 radical (unpaired) electrons. The molecule has 4 heteroatoms. The third-order valence-electron chi connectivity index (χ3n) is 3.27. The van der Waals surface area contributed by atoms with E-state index in [-0.39, 0.29) is 5.84 Å². The molecule has 4 nitrogen and oxygen atoms in total.